The highest BCUT2D eigenvalue weighted by Crippen LogP contribution is 2.42. The number of ether oxygens (including phenoxy) is 2. The first-order valence-electron chi connectivity index (χ1n) is 15.3. The monoisotopic (exact) mass is 573 g/mol. The molecule has 0 aromatic rings. The van der Waals surface area contributed by atoms with Crippen molar-refractivity contribution in [2.75, 3.05) is 27.4 Å². The number of hydrogen-bond acceptors (Lipinski definition) is 7. The largest absolute Gasteiger partial charge is 0.465 e. The number of aliphatic hydroxyl groups is 1. The number of hydroxylamine groups is 2. The Balaban J connectivity index is 0. The zero-order chi connectivity index (χ0) is 31.9. The smallest absolute Gasteiger partial charge is 0.309 e. The number of nitrogens with zero attached hydrogens (tertiary/aromatic N) is 1. The average Bonchev–Trinajstić information content (AvgIpc) is 3.01. The number of esters is 1. The lowest BCUT2D eigenvalue weighted by Crippen LogP contribution is -2.47. The number of carbonyl (C=O) groups excluding carboxylic acids is 2. The summed E-state index contributed by atoms with van der Waals surface area (Å²) >= 11 is 0. The van der Waals surface area contributed by atoms with Gasteiger partial charge in [-0.15, -0.1) is 0 Å². The molecule has 2 N–H and O–H groups in total. The van der Waals surface area contributed by atoms with Crippen molar-refractivity contribution >= 4 is 12.3 Å². The first-order valence-corrected chi connectivity index (χ1v) is 15.3. The van der Waals surface area contributed by atoms with Crippen molar-refractivity contribution in [1.29, 1.82) is 0 Å². The minimum atomic E-state index is -0.425. The fraction of sp³-hybridized carbons (Fsp3) is 0.939. The van der Waals surface area contributed by atoms with E-state index in [2.05, 4.69) is 55.4 Å². The van der Waals surface area contributed by atoms with Gasteiger partial charge in [0.2, 0.25) is 0 Å². The van der Waals surface area contributed by atoms with Gasteiger partial charge >= 0.3 is 5.97 Å². The Hall–Kier alpha value is -1.02. The standard InChI is InChI=1S/C20H38O3.C9H17NO2.C3H8.CH4O/c1-19(2,3)12-17(20(4,5)6)18(21)23-14-16-10-8-15(9-11-16)13-22-7;1-8(2)5-7(6-11)9(3,4)10(8)12;1-3-2;1-2/h15-17H,8-14H2,1-7H3;6-7,12H,5H2,1-4H3;3H2,1-2H3;2H,1H3. The van der Waals surface area contributed by atoms with E-state index < -0.39 is 5.54 Å². The lowest BCUT2D eigenvalue weighted by atomic mass is 9.72. The molecule has 2 rings (SSSR count). The molecular formula is C33H67NO6. The molecule has 1 saturated heterocycles. The molecule has 1 aliphatic carbocycles. The highest BCUT2D eigenvalue weighted by atomic mass is 16.5. The van der Waals surface area contributed by atoms with E-state index in [1.807, 2.05) is 27.7 Å². The van der Waals surface area contributed by atoms with Crippen LogP contribution in [-0.2, 0) is 19.1 Å². The number of aliphatic hydroxyl groups excluding tert-OH is 1. The highest BCUT2D eigenvalue weighted by molar-refractivity contribution is 5.73. The summed E-state index contributed by atoms with van der Waals surface area (Å²) < 4.78 is 11.0. The Kier molecular flexibility index (Phi) is 19.0. The summed E-state index contributed by atoms with van der Waals surface area (Å²) in [5.74, 6) is 1.11. The number of rotatable bonds is 7. The summed E-state index contributed by atoms with van der Waals surface area (Å²) in [6.07, 6.45) is 8.48. The molecule has 0 amide bonds. The van der Waals surface area contributed by atoms with E-state index in [0.29, 0.717) is 18.4 Å². The summed E-state index contributed by atoms with van der Waals surface area (Å²) in [5.41, 5.74) is -0.629. The second kappa shape index (κ2) is 18.5. The van der Waals surface area contributed by atoms with Crippen molar-refractivity contribution in [2.45, 2.75) is 139 Å². The maximum atomic E-state index is 12.6. The van der Waals surface area contributed by atoms with Crippen LogP contribution in [0.4, 0.5) is 0 Å². The number of aldehydes is 1. The second-order valence-electron chi connectivity index (χ2n) is 15.1. The third-order valence-electron chi connectivity index (χ3n) is 7.89. The van der Waals surface area contributed by atoms with Gasteiger partial charge in [-0.3, -0.25) is 4.79 Å². The van der Waals surface area contributed by atoms with E-state index in [1.54, 1.807) is 7.11 Å². The van der Waals surface area contributed by atoms with Gasteiger partial charge in [-0.25, -0.2) is 0 Å². The molecule has 40 heavy (non-hydrogen) atoms. The van der Waals surface area contributed by atoms with Crippen LogP contribution in [0.1, 0.15) is 128 Å². The first kappa shape index (κ1) is 41.1. The molecule has 0 aromatic heterocycles. The Bertz CT molecular complexity index is 684. The van der Waals surface area contributed by atoms with E-state index in [4.69, 9.17) is 14.6 Å². The average molecular weight is 574 g/mol. The lowest BCUT2D eigenvalue weighted by molar-refractivity contribution is -0.196. The number of carbonyl (C=O) groups is 2. The van der Waals surface area contributed by atoms with Gasteiger partial charge in [0.05, 0.1) is 18.1 Å². The minimum absolute atomic E-state index is 0.00793. The SMILES string of the molecule is CC1(C)CC(C=O)C(C)(C)N1O.CCC.CO.COCC1CCC(COC(=O)C(CC(C)(C)C)C(C)(C)C)CC1. The quantitative estimate of drug-likeness (QED) is 0.240. The molecule has 1 saturated carbocycles. The summed E-state index contributed by atoms with van der Waals surface area (Å²) in [6.45, 7) is 26.4. The fourth-order valence-corrected chi connectivity index (χ4v) is 5.48. The summed E-state index contributed by atoms with van der Waals surface area (Å²) in [6, 6.07) is 0. The summed E-state index contributed by atoms with van der Waals surface area (Å²) in [5, 5.41) is 18.1. The van der Waals surface area contributed by atoms with E-state index in [9.17, 15) is 14.8 Å². The highest BCUT2D eigenvalue weighted by Gasteiger charge is 2.51. The van der Waals surface area contributed by atoms with Gasteiger partial charge in [0.1, 0.15) is 6.29 Å². The Morgan fingerprint density at radius 1 is 0.950 bits per heavy atom. The van der Waals surface area contributed by atoms with Crippen LogP contribution in [0, 0.1) is 34.5 Å². The molecule has 2 fully saturated rings. The van der Waals surface area contributed by atoms with E-state index in [1.165, 1.54) is 24.3 Å². The van der Waals surface area contributed by atoms with Crippen molar-refractivity contribution in [3.63, 3.8) is 0 Å². The van der Waals surface area contributed by atoms with Gasteiger partial charge in [-0.05, 0) is 88.9 Å². The van der Waals surface area contributed by atoms with Crippen molar-refractivity contribution in [2.24, 2.45) is 34.5 Å². The van der Waals surface area contributed by atoms with Gasteiger partial charge in [0.25, 0.3) is 0 Å². The molecule has 0 spiro atoms. The van der Waals surface area contributed by atoms with E-state index in [-0.39, 0.29) is 34.2 Å². The molecule has 0 bridgehead atoms. The van der Waals surface area contributed by atoms with Crippen LogP contribution in [0.2, 0.25) is 0 Å². The summed E-state index contributed by atoms with van der Waals surface area (Å²) in [4.78, 5) is 23.4. The van der Waals surface area contributed by atoms with Crippen molar-refractivity contribution in [1.82, 2.24) is 5.06 Å². The molecule has 7 heteroatoms. The number of methoxy groups -OCH3 is 1. The molecule has 240 valence electrons. The van der Waals surface area contributed by atoms with E-state index in [0.717, 1.165) is 45.7 Å². The van der Waals surface area contributed by atoms with Crippen LogP contribution < -0.4 is 0 Å². The van der Waals surface area contributed by atoms with Crippen molar-refractivity contribution in [3.8, 4) is 0 Å². The molecule has 1 aliphatic heterocycles. The van der Waals surface area contributed by atoms with Crippen LogP contribution in [0.3, 0.4) is 0 Å². The predicted octanol–water partition coefficient (Wildman–Crippen LogP) is 7.56. The molecule has 7 nitrogen and oxygen atoms in total. The summed E-state index contributed by atoms with van der Waals surface area (Å²) in [7, 11) is 2.77. The lowest BCUT2D eigenvalue weighted by Gasteiger charge is -2.34. The second-order valence-corrected chi connectivity index (χ2v) is 15.1. The van der Waals surface area contributed by atoms with Gasteiger partial charge in [-0.2, -0.15) is 5.06 Å². The van der Waals surface area contributed by atoms with Gasteiger partial charge in [-0.1, -0.05) is 61.8 Å². The van der Waals surface area contributed by atoms with Gasteiger partial charge in [0, 0.05) is 32.3 Å². The molecule has 0 radical (unpaired) electrons. The van der Waals surface area contributed by atoms with Crippen LogP contribution in [0.5, 0.6) is 0 Å². The maximum Gasteiger partial charge on any atom is 0.309 e. The van der Waals surface area contributed by atoms with Gasteiger partial charge < -0.3 is 24.6 Å². The zero-order valence-electron chi connectivity index (χ0n) is 28.7. The molecule has 2 unspecified atom stereocenters. The van der Waals surface area contributed by atoms with Gasteiger partial charge in [0.15, 0.2) is 0 Å². The normalized spacial score (nSPS) is 24.6. The Morgan fingerprint density at radius 2 is 1.38 bits per heavy atom. The molecule has 0 aromatic carbocycles. The Morgan fingerprint density at radius 3 is 1.65 bits per heavy atom. The zero-order valence-corrected chi connectivity index (χ0v) is 28.7. The third-order valence-corrected chi connectivity index (χ3v) is 7.89. The van der Waals surface area contributed by atoms with E-state index >= 15 is 0 Å². The third kappa shape index (κ3) is 14.7. The predicted molar refractivity (Wildman–Crippen MR) is 165 cm³/mol. The molecule has 2 atom stereocenters. The molecule has 2 aliphatic rings. The minimum Gasteiger partial charge on any atom is -0.465 e. The first-order chi connectivity index (χ1) is 18.3. The number of hydrogen-bond donors (Lipinski definition) is 2. The molecule has 1 heterocycles. The van der Waals surface area contributed by atoms with Crippen LogP contribution in [-0.4, -0.2) is 66.1 Å². The van der Waals surface area contributed by atoms with Crippen LogP contribution >= 0.6 is 0 Å². The van der Waals surface area contributed by atoms with Crippen LogP contribution in [0.25, 0.3) is 0 Å². The van der Waals surface area contributed by atoms with Crippen molar-refractivity contribution < 1.29 is 29.4 Å². The topological polar surface area (TPSA) is 96.3 Å². The Labute approximate surface area is 247 Å². The van der Waals surface area contributed by atoms with Crippen LogP contribution in [0.15, 0.2) is 0 Å². The molecular weight excluding hydrogens is 506 g/mol. The fourth-order valence-electron chi connectivity index (χ4n) is 5.48. The van der Waals surface area contributed by atoms with Crippen molar-refractivity contribution in [3.05, 3.63) is 0 Å². The maximum absolute atomic E-state index is 12.6.